The highest BCUT2D eigenvalue weighted by Crippen LogP contribution is 2.12. The maximum Gasteiger partial charge on any atom is 0.312 e. The molecule has 0 saturated heterocycles. The number of Topliss-reactive ketones (excluding diaryl/α,β-unsaturated/α-hetero) is 1. The second kappa shape index (κ2) is 5.74. The van der Waals surface area contributed by atoms with Gasteiger partial charge in [-0.05, 0) is 11.4 Å². The Morgan fingerprint density at radius 2 is 2.22 bits per heavy atom. The van der Waals surface area contributed by atoms with Gasteiger partial charge in [-0.2, -0.15) is 0 Å². The van der Waals surface area contributed by atoms with Gasteiger partial charge in [-0.3, -0.25) is 9.59 Å². The molecule has 0 amide bonds. The third-order valence-electron chi connectivity index (χ3n) is 2.06. The van der Waals surface area contributed by atoms with Crippen molar-refractivity contribution >= 4 is 39.6 Å². The van der Waals surface area contributed by atoms with Gasteiger partial charge in [-0.15, -0.1) is 22.7 Å². The van der Waals surface area contributed by atoms with Crippen LogP contribution in [0, 0.1) is 0 Å². The van der Waals surface area contributed by atoms with Crippen LogP contribution >= 0.6 is 22.7 Å². The lowest BCUT2D eigenvalue weighted by atomic mass is 10.3. The molecule has 94 valence electrons. The Bertz CT molecular complexity index is 548. The van der Waals surface area contributed by atoms with Gasteiger partial charge in [0, 0.05) is 5.38 Å². The van der Waals surface area contributed by atoms with Crippen LogP contribution in [0.2, 0.25) is 0 Å². The number of ether oxygens (including phenoxy) is 1. The minimum Gasteiger partial charge on any atom is -0.457 e. The number of aromatic nitrogens is 1. The van der Waals surface area contributed by atoms with Gasteiger partial charge in [-0.1, -0.05) is 6.07 Å². The Hall–Kier alpha value is -1.73. The molecule has 0 bridgehead atoms. The number of thiophene rings is 1. The average molecular weight is 282 g/mol. The van der Waals surface area contributed by atoms with E-state index in [1.807, 2.05) is 0 Å². The van der Waals surface area contributed by atoms with Crippen molar-refractivity contribution in [1.29, 1.82) is 0 Å². The van der Waals surface area contributed by atoms with Gasteiger partial charge in [0.15, 0.2) is 11.7 Å². The fourth-order valence-electron chi connectivity index (χ4n) is 1.26. The van der Waals surface area contributed by atoms with Crippen molar-refractivity contribution in [2.45, 2.75) is 6.42 Å². The standard InChI is InChI=1S/C11H10N2O3S2/c12-11-13-7(6-18-11)4-10(15)16-5-8(14)9-2-1-3-17-9/h1-3,6H,4-5H2,(H2,12,13). The minimum absolute atomic E-state index is 0.0332. The van der Waals surface area contributed by atoms with E-state index in [2.05, 4.69) is 4.98 Å². The number of nitrogens with two attached hydrogens (primary N) is 1. The summed E-state index contributed by atoms with van der Waals surface area (Å²) in [6.07, 6.45) is 0.0332. The predicted octanol–water partition coefficient (Wildman–Crippen LogP) is 1.76. The quantitative estimate of drug-likeness (QED) is 0.667. The number of esters is 1. The van der Waals surface area contributed by atoms with E-state index in [0.717, 1.165) is 0 Å². The van der Waals surface area contributed by atoms with E-state index in [-0.39, 0.29) is 18.8 Å². The summed E-state index contributed by atoms with van der Waals surface area (Å²) in [5.41, 5.74) is 6.00. The van der Waals surface area contributed by atoms with Gasteiger partial charge in [0.2, 0.25) is 5.78 Å². The van der Waals surface area contributed by atoms with Crippen molar-refractivity contribution in [3.63, 3.8) is 0 Å². The normalized spacial score (nSPS) is 10.2. The van der Waals surface area contributed by atoms with E-state index < -0.39 is 5.97 Å². The topological polar surface area (TPSA) is 82.3 Å². The fraction of sp³-hybridized carbons (Fsp3) is 0.182. The van der Waals surface area contributed by atoms with Crippen molar-refractivity contribution < 1.29 is 14.3 Å². The molecule has 0 aliphatic carbocycles. The zero-order valence-corrected chi connectivity index (χ0v) is 10.9. The highest BCUT2D eigenvalue weighted by molar-refractivity contribution is 7.13. The molecule has 18 heavy (non-hydrogen) atoms. The van der Waals surface area contributed by atoms with Gasteiger partial charge < -0.3 is 10.5 Å². The van der Waals surface area contributed by atoms with Gasteiger partial charge in [-0.25, -0.2) is 4.98 Å². The Balaban J connectivity index is 1.80. The number of hydrogen-bond acceptors (Lipinski definition) is 7. The van der Waals surface area contributed by atoms with Crippen LogP contribution in [-0.2, 0) is 16.0 Å². The van der Waals surface area contributed by atoms with Crippen LogP contribution < -0.4 is 5.73 Å². The fourth-order valence-corrected chi connectivity index (χ4v) is 2.47. The molecule has 0 atom stereocenters. The monoisotopic (exact) mass is 282 g/mol. The van der Waals surface area contributed by atoms with Gasteiger partial charge in [0.1, 0.15) is 0 Å². The molecule has 0 saturated carbocycles. The molecule has 0 aliphatic heterocycles. The average Bonchev–Trinajstić information content (AvgIpc) is 2.97. The minimum atomic E-state index is -0.481. The summed E-state index contributed by atoms with van der Waals surface area (Å²) < 4.78 is 4.88. The lowest BCUT2D eigenvalue weighted by Crippen LogP contribution is -2.15. The Morgan fingerprint density at radius 3 is 2.83 bits per heavy atom. The lowest BCUT2D eigenvalue weighted by Gasteiger charge is -2.01. The number of carbonyl (C=O) groups is 2. The first-order valence-corrected chi connectivity index (χ1v) is 6.83. The van der Waals surface area contributed by atoms with Crippen LogP contribution in [0.1, 0.15) is 15.4 Å². The Morgan fingerprint density at radius 1 is 1.39 bits per heavy atom. The molecule has 2 N–H and O–H groups in total. The van der Waals surface area contributed by atoms with Crippen LogP contribution in [0.5, 0.6) is 0 Å². The third-order valence-corrected chi connectivity index (χ3v) is 3.69. The molecule has 0 aromatic carbocycles. The van der Waals surface area contributed by atoms with E-state index in [1.165, 1.54) is 22.7 Å². The van der Waals surface area contributed by atoms with E-state index >= 15 is 0 Å². The molecular formula is C11H10N2O3S2. The third kappa shape index (κ3) is 3.38. The molecule has 2 heterocycles. The number of hydrogen-bond donors (Lipinski definition) is 1. The molecule has 0 radical (unpaired) electrons. The van der Waals surface area contributed by atoms with Gasteiger partial charge in [0.25, 0.3) is 0 Å². The van der Waals surface area contributed by atoms with E-state index in [1.54, 1.807) is 22.9 Å². The Kier molecular flexibility index (Phi) is 4.06. The van der Waals surface area contributed by atoms with Crippen molar-refractivity contribution in [2.24, 2.45) is 0 Å². The smallest absolute Gasteiger partial charge is 0.312 e. The molecule has 0 aliphatic rings. The zero-order chi connectivity index (χ0) is 13.0. The summed E-state index contributed by atoms with van der Waals surface area (Å²) in [6, 6.07) is 3.47. The van der Waals surface area contributed by atoms with Crippen molar-refractivity contribution in [1.82, 2.24) is 4.98 Å². The first kappa shape index (κ1) is 12.7. The largest absolute Gasteiger partial charge is 0.457 e. The number of carbonyl (C=O) groups excluding carboxylic acids is 2. The zero-order valence-electron chi connectivity index (χ0n) is 9.29. The van der Waals surface area contributed by atoms with E-state index in [9.17, 15) is 9.59 Å². The summed E-state index contributed by atoms with van der Waals surface area (Å²) in [5.74, 6) is -0.679. The molecule has 2 aromatic heterocycles. The maximum atomic E-state index is 11.6. The number of thiazole rings is 1. The number of rotatable bonds is 5. The molecule has 5 nitrogen and oxygen atoms in total. The number of nitrogen functional groups attached to an aromatic ring is 1. The van der Waals surface area contributed by atoms with Crippen LogP contribution in [0.3, 0.4) is 0 Å². The summed E-state index contributed by atoms with van der Waals surface area (Å²) in [6.45, 7) is -0.237. The van der Waals surface area contributed by atoms with Crippen LogP contribution in [0.15, 0.2) is 22.9 Å². The van der Waals surface area contributed by atoms with Crippen LogP contribution in [0.4, 0.5) is 5.13 Å². The summed E-state index contributed by atoms with van der Waals surface area (Å²) >= 11 is 2.58. The molecule has 2 aromatic rings. The van der Waals surface area contributed by atoms with E-state index in [4.69, 9.17) is 10.5 Å². The molecule has 0 spiro atoms. The first-order chi connectivity index (χ1) is 8.65. The van der Waals surface area contributed by atoms with Gasteiger partial charge >= 0.3 is 5.97 Å². The lowest BCUT2D eigenvalue weighted by molar-refractivity contribution is -0.141. The Labute approximate surface area is 111 Å². The molecule has 2 rings (SSSR count). The van der Waals surface area contributed by atoms with Crippen LogP contribution in [-0.4, -0.2) is 23.3 Å². The summed E-state index contributed by atoms with van der Waals surface area (Å²) in [7, 11) is 0. The highest BCUT2D eigenvalue weighted by atomic mass is 32.1. The van der Waals surface area contributed by atoms with Crippen molar-refractivity contribution in [3.05, 3.63) is 33.5 Å². The van der Waals surface area contributed by atoms with E-state index in [0.29, 0.717) is 15.7 Å². The summed E-state index contributed by atoms with van der Waals surface area (Å²) in [5, 5.41) is 3.90. The molecule has 0 unspecified atom stereocenters. The second-order valence-electron chi connectivity index (χ2n) is 3.42. The van der Waals surface area contributed by atoms with Crippen molar-refractivity contribution in [2.75, 3.05) is 12.3 Å². The number of ketones is 1. The predicted molar refractivity (Wildman–Crippen MR) is 69.8 cm³/mol. The molecular weight excluding hydrogens is 272 g/mol. The first-order valence-electron chi connectivity index (χ1n) is 5.07. The molecule has 7 heteroatoms. The highest BCUT2D eigenvalue weighted by Gasteiger charge is 2.12. The molecule has 0 fully saturated rings. The maximum absolute atomic E-state index is 11.6. The summed E-state index contributed by atoms with van der Waals surface area (Å²) in [4.78, 5) is 27.5. The number of nitrogens with zero attached hydrogens (tertiary/aromatic N) is 1. The van der Waals surface area contributed by atoms with Crippen LogP contribution in [0.25, 0.3) is 0 Å². The number of anilines is 1. The van der Waals surface area contributed by atoms with Crippen molar-refractivity contribution in [3.8, 4) is 0 Å². The SMILES string of the molecule is Nc1nc(CC(=O)OCC(=O)c2cccs2)cs1. The second-order valence-corrected chi connectivity index (χ2v) is 5.25. The van der Waals surface area contributed by atoms with Gasteiger partial charge in [0.05, 0.1) is 17.0 Å².